The summed E-state index contributed by atoms with van der Waals surface area (Å²) in [5.74, 6) is -0.847. The van der Waals surface area contributed by atoms with Gasteiger partial charge in [0.15, 0.2) is 0 Å². The first-order valence-electron chi connectivity index (χ1n) is 4.64. The van der Waals surface area contributed by atoms with Crippen LogP contribution in [0.4, 0.5) is 11.4 Å². The predicted octanol–water partition coefficient (Wildman–Crippen LogP) is 1.16. The Labute approximate surface area is 95.3 Å². The minimum atomic E-state index is -0.872. The van der Waals surface area contributed by atoms with Gasteiger partial charge in [-0.05, 0) is 12.5 Å². The monoisotopic (exact) mass is 239 g/mol. The SMILES string of the molecule is CCc1c(C(N)=O)ccc([N+](=O)[O-])c1[N+](=O)[O-]. The maximum atomic E-state index is 11.1. The highest BCUT2D eigenvalue weighted by atomic mass is 16.6. The third-order valence-corrected chi connectivity index (χ3v) is 2.26. The van der Waals surface area contributed by atoms with E-state index in [1.54, 1.807) is 6.92 Å². The van der Waals surface area contributed by atoms with Crippen LogP contribution in [0.1, 0.15) is 22.8 Å². The van der Waals surface area contributed by atoms with E-state index >= 15 is 0 Å². The van der Waals surface area contributed by atoms with E-state index in [4.69, 9.17) is 5.73 Å². The molecular formula is C9H9N3O5. The Morgan fingerprint density at radius 3 is 2.24 bits per heavy atom. The molecule has 0 aromatic heterocycles. The quantitative estimate of drug-likeness (QED) is 0.622. The van der Waals surface area contributed by atoms with Crippen LogP contribution >= 0.6 is 0 Å². The van der Waals surface area contributed by atoms with E-state index in [1.165, 1.54) is 0 Å². The van der Waals surface area contributed by atoms with Gasteiger partial charge in [0.1, 0.15) is 0 Å². The number of benzene rings is 1. The van der Waals surface area contributed by atoms with E-state index in [-0.39, 0.29) is 17.5 Å². The molecule has 0 saturated heterocycles. The first-order chi connectivity index (χ1) is 7.90. The molecule has 0 fully saturated rings. The molecule has 0 aliphatic carbocycles. The van der Waals surface area contributed by atoms with E-state index in [2.05, 4.69) is 0 Å². The second-order valence-corrected chi connectivity index (χ2v) is 3.19. The highest BCUT2D eigenvalue weighted by Crippen LogP contribution is 2.33. The molecule has 0 unspecified atom stereocenters. The zero-order chi connectivity index (χ0) is 13.2. The number of nitrogens with two attached hydrogens (primary N) is 1. The van der Waals surface area contributed by atoms with Gasteiger partial charge in [-0.25, -0.2) is 0 Å². The number of nitro benzene ring substituents is 2. The molecule has 0 atom stereocenters. The van der Waals surface area contributed by atoms with Crippen LogP contribution in [-0.2, 0) is 6.42 Å². The first-order valence-corrected chi connectivity index (χ1v) is 4.64. The van der Waals surface area contributed by atoms with Crippen molar-refractivity contribution < 1.29 is 14.6 Å². The fourth-order valence-corrected chi connectivity index (χ4v) is 1.56. The summed E-state index contributed by atoms with van der Waals surface area (Å²) < 4.78 is 0. The van der Waals surface area contributed by atoms with Gasteiger partial charge < -0.3 is 5.73 Å². The van der Waals surface area contributed by atoms with Gasteiger partial charge >= 0.3 is 11.4 Å². The lowest BCUT2D eigenvalue weighted by atomic mass is 10.0. The molecule has 8 heteroatoms. The topological polar surface area (TPSA) is 129 Å². The molecule has 1 amide bonds. The number of hydrogen-bond donors (Lipinski definition) is 1. The molecule has 90 valence electrons. The zero-order valence-electron chi connectivity index (χ0n) is 8.87. The number of primary amides is 1. The van der Waals surface area contributed by atoms with Crippen molar-refractivity contribution in [3.05, 3.63) is 43.5 Å². The summed E-state index contributed by atoms with van der Waals surface area (Å²) in [6.07, 6.45) is 0.107. The molecule has 1 aromatic carbocycles. The number of carbonyl (C=O) groups excluding carboxylic acids is 1. The molecule has 0 spiro atoms. The summed E-state index contributed by atoms with van der Waals surface area (Å²) in [7, 11) is 0. The van der Waals surface area contributed by atoms with Crippen molar-refractivity contribution in [2.75, 3.05) is 0 Å². The first kappa shape index (κ1) is 12.6. The van der Waals surface area contributed by atoms with Crippen LogP contribution in [0, 0.1) is 20.2 Å². The van der Waals surface area contributed by atoms with Gasteiger partial charge in [0.25, 0.3) is 0 Å². The molecule has 0 bridgehead atoms. The van der Waals surface area contributed by atoms with Crippen molar-refractivity contribution in [2.45, 2.75) is 13.3 Å². The van der Waals surface area contributed by atoms with Gasteiger partial charge in [0, 0.05) is 17.2 Å². The fourth-order valence-electron chi connectivity index (χ4n) is 1.56. The summed E-state index contributed by atoms with van der Waals surface area (Å²) in [6, 6.07) is 2.05. The Kier molecular flexibility index (Phi) is 3.37. The number of carbonyl (C=O) groups is 1. The van der Waals surface area contributed by atoms with Gasteiger partial charge in [0.05, 0.1) is 9.85 Å². The van der Waals surface area contributed by atoms with Crippen LogP contribution in [0.3, 0.4) is 0 Å². The van der Waals surface area contributed by atoms with Crippen molar-refractivity contribution in [3.8, 4) is 0 Å². The maximum absolute atomic E-state index is 11.1. The normalized spacial score (nSPS) is 9.94. The van der Waals surface area contributed by atoms with Crippen LogP contribution < -0.4 is 5.73 Å². The summed E-state index contributed by atoms with van der Waals surface area (Å²) in [6.45, 7) is 1.55. The molecule has 8 nitrogen and oxygen atoms in total. The van der Waals surface area contributed by atoms with E-state index in [0.717, 1.165) is 12.1 Å². The largest absolute Gasteiger partial charge is 0.366 e. The second kappa shape index (κ2) is 4.56. The van der Waals surface area contributed by atoms with E-state index in [1.807, 2.05) is 0 Å². The van der Waals surface area contributed by atoms with Gasteiger partial charge in [-0.1, -0.05) is 6.92 Å². The Hall–Kier alpha value is -2.51. The zero-order valence-corrected chi connectivity index (χ0v) is 8.87. The van der Waals surface area contributed by atoms with E-state index in [9.17, 15) is 25.0 Å². The fraction of sp³-hybridized carbons (Fsp3) is 0.222. The number of hydrogen-bond acceptors (Lipinski definition) is 5. The number of nitro groups is 2. The van der Waals surface area contributed by atoms with Gasteiger partial charge in [-0.3, -0.25) is 25.0 Å². The molecule has 1 aromatic rings. The van der Waals surface area contributed by atoms with Crippen molar-refractivity contribution in [3.63, 3.8) is 0 Å². The molecule has 0 heterocycles. The molecule has 0 saturated carbocycles. The minimum absolute atomic E-state index is 0.0169. The summed E-state index contributed by atoms with van der Waals surface area (Å²) in [4.78, 5) is 30.8. The Balaban J connectivity index is 3.67. The number of rotatable bonds is 4. The van der Waals surface area contributed by atoms with E-state index in [0.29, 0.717) is 0 Å². The summed E-state index contributed by atoms with van der Waals surface area (Å²) in [5.41, 5.74) is 3.66. The van der Waals surface area contributed by atoms with Gasteiger partial charge in [-0.2, -0.15) is 0 Å². The number of nitrogens with zero attached hydrogens (tertiary/aromatic N) is 2. The Morgan fingerprint density at radius 1 is 1.29 bits per heavy atom. The average Bonchev–Trinajstić information content (AvgIpc) is 2.26. The summed E-state index contributed by atoms with van der Waals surface area (Å²) in [5, 5.41) is 21.5. The third-order valence-electron chi connectivity index (χ3n) is 2.26. The Morgan fingerprint density at radius 2 is 1.88 bits per heavy atom. The van der Waals surface area contributed by atoms with Crippen molar-refractivity contribution in [1.29, 1.82) is 0 Å². The molecule has 17 heavy (non-hydrogen) atoms. The molecule has 0 radical (unpaired) electrons. The standard InChI is InChI=1S/C9H9N3O5/c1-2-5-6(9(10)13)3-4-7(11(14)15)8(5)12(16)17/h3-4H,2H2,1H3,(H2,10,13). The van der Waals surface area contributed by atoms with Crippen LogP contribution in [0.25, 0.3) is 0 Å². The average molecular weight is 239 g/mol. The Bertz CT molecular complexity index is 512. The molecule has 2 N–H and O–H groups in total. The lowest BCUT2D eigenvalue weighted by Crippen LogP contribution is -2.15. The van der Waals surface area contributed by atoms with Gasteiger partial charge in [-0.15, -0.1) is 0 Å². The minimum Gasteiger partial charge on any atom is -0.366 e. The molecule has 0 aliphatic rings. The highest BCUT2D eigenvalue weighted by Gasteiger charge is 2.30. The van der Waals surface area contributed by atoms with Crippen molar-refractivity contribution >= 4 is 17.3 Å². The van der Waals surface area contributed by atoms with Crippen molar-refractivity contribution in [2.24, 2.45) is 5.73 Å². The third kappa shape index (κ3) is 2.19. The van der Waals surface area contributed by atoms with Crippen molar-refractivity contribution in [1.82, 2.24) is 0 Å². The summed E-state index contributed by atoms with van der Waals surface area (Å²) >= 11 is 0. The molecule has 0 aliphatic heterocycles. The second-order valence-electron chi connectivity index (χ2n) is 3.19. The smallest absolute Gasteiger partial charge is 0.349 e. The predicted molar refractivity (Wildman–Crippen MR) is 57.6 cm³/mol. The lowest BCUT2D eigenvalue weighted by molar-refractivity contribution is -0.423. The number of amides is 1. The van der Waals surface area contributed by atoms with Crippen LogP contribution in [-0.4, -0.2) is 15.8 Å². The van der Waals surface area contributed by atoms with Gasteiger partial charge in [0.2, 0.25) is 5.91 Å². The van der Waals surface area contributed by atoms with E-state index < -0.39 is 27.1 Å². The molecular weight excluding hydrogens is 230 g/mol. The van der Waals surface area contributed by atoms with Crippen LogP contribution in [0.2, 0.25) is 0 Å². The molecule has 1 rings (SSSR count). The maximum Gasteiger partial charge on any atom is 0.349 e. The van der Waals surface area contributed by atoms with Crippen LogP contribution in [0.15, 0.2) is 12.1 Å². The lowest BCUT2D eigenvalue weighted by Gasteiger charge is -2.05. The highest BCUT2D eigenvalue weighted by molar-refractivity contribution is 5.96. The van der Waals surface area contributed by atoms with Crippen LogP contribution in [0.5, 0.6) is 0 Å².